The third kappa shape index (κ3) is 2.25. The number of benzene rings is 1. The highest BCUT2D eigenvalue weighted by Crippen LogP contribution is 2.31. The average Bonchev–Trinajstić information content (AvgIpc) is 2.94. The molecular formula is C13H10N4OS. The first-order valence-corrected chi connectivity index (χ1v) is 6.03. The Morgan fingerprint density at radius 2 is 2.00 bits per heavy atom. The van der Waals surface area contributed by atoms with Gasteiger partial charge in [-0.25, -0.2) is 0 Å². The molecule has 0 aliphatic heterocycles. The Kier molecular flexibility index (Phi) is 2.85. The molecular weight excluding hydrogens is 260 g/mol. The van der Waals surface area contributed by atoms with Crippen molar-refractivity contribution in [2.24, 2.45) is 0 Å². The fourth-order valence-corrected chi connectivity index (χ4v) is 1.94. The second kappa shape index (κ2) is 4.66. The number of phenols is 1. The Labute approximate surface area is 114 Å². The van der Waals surface area contributed by atoms with Crippen LogP contribution in [-0.4, -0.2) is 25.5 Å². The summed E-state index contributed by atoms with van der Waals surface area (Å²) in [6.07, 6.45) is 3.47. The van der Waals surface area contributed by atoms with Crippen LogP contribution in [0, 0.1) is 4.64 Å². The third-order valence-electron chi connectivity index (χ3n) is 2.78. The SMILES string of the molecule is Oc1cc(-c2cn[nH]c2)ccc1-c1ccc(=S)[nH]n1. The molecule has 2 aromatic heterocycles. The van der Waals surface area contributed by atoms with Crippen LogP contribution in [0.1, 0.15) is 0 Å². The summed E-state index contributed by atoms with van der Waals surface area (Å²) in [6.45, 7) is 0. The molecule has 6 heteroatoms. The van der Waals surface area contributed by atoms with Crippen molar-refractivity contribution in [3.8, 4) is 28.1 Å². The number of hydrogen-bond acceptors (Lipinski definition) is 4. The highest BCUT2D eigenvalue weighted by Gasteiger charge is 2.08. The van der Waals surface area contributed by atoms with Crippen molar-refractivity contribution in [3.05, 3.63) is 47.4 Å². The zero-order valence-electron chi connectivity index (χ0n) is 9.79. The van der Waals surface area contributed by atoms with Gasteiger partial charge in [0.2, 0.25) is 0 Å². The predicted octanol–water partition coefficient (Wildman–Crippen LogP) is 2.90. The molecule has 0 radical (unpaired) electrons. The van der Waals surface area contributed by atoms with Crippen molar-refractivity contribution in [1.82, 2.24) is 20.4 Å². The Morgan fingerprint density at radius 3 is 2.63 bits per heavy atom. The molecule has 94 valence electrons. The van der Waals surface area contributed by atoms with Crippen LogP contribution in [0.25, 0.3) is 22.4 Å². The zero-order valence-corrected chi connectivity index (χ0v) is 10.6. The number of aromatic hydroxyl groups is 1. The van der Waals surface area contributed by atoms with E-state index in [9.17, 15) is 5.11 Å². The Balaban J connectivity index is 2.05. The molecule has 0 saturated carbocycles. The molecule has 0 unspecified atom stereocenters. The summed E-state index contributed by atoms with van der Waals surface area (Å²) in [7, 11) is 0. The average molecular weight is 270 g/mol. The van der Waals surface area contributed by atoms with Crippen molar-refractivity contribution in [3.63, 3.8) is 0 Å². The van der Waals surface area contributed by atoms with Gasteiger partial charge in [0.25, 0.3) is 0 Å². The van der Waals surface area contributed by atoms with E-state index in [1.165, 1.54) is 0 Å². The Bertz CT molecular complexity index is 744. The van der Waals surface area contributed by atoms with E-state index in [0.717, 1.165) is 11.1 Å². The Morgan fingerprint density at radius 1 is 1.11 bits per heavy atom. The molecule has 19 heavy (non-hydrogen) atoms. The van der Waals surface area contributed by atoms with Crippen molar-refractivity contribution < 1.29 is 5.11 Å². The van der Waals surface area contributed by atoms with Gasteiger partial charge >= 0.3 is 0 Å². The summed E-state index contributed by atoms with van der Waals surface area (Å²) in [5.41, 5.74) is 3.10. The molecule has 0 saturated heterocycles. The summed E-state index contributed by atoms with van der Waals surface area (Å²) in [5.74, 6) is 0.164. The van der Waals surface area contributed by atoms with Crippen molar-refractivity contribution >= 4 is 12.2 Å². The molecule has 3 rings (SSSR count). The molecule has 3 aromatic rings. The van der Waals surface area contributed by atoms with Crippen LogP contribution < -0.4 is 0 Å². The van der Waals surface area contributed by atoms with Crippen LogP contribution in [0.2, 0.25) is 0 Å². The lowest BCUT2D eigenvalue weighted by atomic mass is 10.0. The van der Waals surface area contributed by atoms with Gasteiger partial charge in [0.15, 0.2) is 0 Å². The molecule has 3 N–H and O–H groups in total. The predicted molar refractivity (Wildman–Crippen MR) is 74.1 cm³/mol. The van der Waals surface area contributed by atoms with E-state index in [1.807, 2.05) is 12.1 Å². The maximum atomic E-state index is 10.1. The van der Waals surface area contributed by atoms with Gasteiger partial charge in [-0.15, -0.1) is 0 Å². The van der Waals surface area contributed by atoms with Crippen LogP contribution in [-0.2, 0) is 0 Å². The molecule has 0 spiro atoms. The fraction of sp³-hybridized carbons (Fsp3) is 0. The topological polar surface area (TPSA) is 77.6 Å². The summed E-state index contributed by atoms with van der Waals surface area (Å²) in [6, 6.07) is 8.91. The van der Waals surface area contributed by atoms with Gasteiger partial charge in [0.1, 0.15) is 10.4 Å². The minimum absolute atomic E-state index is 0.164. The number of nitrogens with zero attached hydrogens (tertiary/aromatic N) is 2. The minimum Gasteiger partial charge on any atom is -0.507 e. The van der Waals surface area contributed by atoms with Crippen LogP contribution in [0.5, 0.6) is 5.75 Å². The summed E-state index contributed by atoms with van der Waals surface area (Å²) < 4.78 is 0.554. The Hall–Kier alpha value is -2.47. The van der Waals surface area contributed by atoms with Crippen molar-refractivity contribution in [2.45, 2.75) is 0 Å². The second-order valence-corrected chi connectivity index (χ2v) is 4.47. The second-order valence-electron chi connectivity index (χ2n) is 4.03. The molecule has 1 aromatic carbocycles. The molecule has 5 nitrogen and oxygen atoms in total. The molecule has 0 aliphatic rings. The van der Waals surface area contributed by atoms with E-state index in [1.54, 1.807) is 30.6 Å². The van der Waals surface area contributed by atoms with Gasteiger partial charge in [-0.05, 0) is 29.8 Å². The maximum absolute atomic E-state index is 10.1. The van der Waals surface area contributed by atoms with Crippen LogP contribution in [0.4, 0.5) is 0 Å². The van der Waals surface area contributed by atoms with E-state index in [2.05, 4.69) is 20.4 Å². The molecule has 0 aliphatic carbocycles. The van der Waals surface area contributed by atoms with Gasteiger partial charge < -0.3 is 5.11 Å². The van der Waals surface area contributed by atoms with Gasteiger partial charge in [-0.1, -0.05) is 18.3 Å². The van der Waals surface area contributed by atoms with Crippen LogP contribution >= 0.6 is 12.2 Å². The number of hydrogen-bond donors (Lipinski definition) is 3. The van der Waals surface area contributed by atoms with E-state index in [0.29, 0.717) is 15.9 Å². The van der Waals surface area contributed by atoms with Gasteiger partial charge in [-0.2, -0.15) is 10.2 Å². The standard InChI is InChI=1S/C13H10N4OS/c18-12-5-8(9-6-14-15-7-9)1-2-10(12)11-3-4-13(19)17-16-11/h1-7,18H,(H,14,15)(H,17,19). The number of H-pyrrole nitrogens is 2. The number of aromatic amines is 2. The van der Waals surface area contributed by atoms with Gasteiger partial charge in [0, 0.05) is 17.3 Å². The van der Waals surface area contributed by atoms with E-state index >= 15 is 0 Å². The summed E-state index contributed by atoms with van der Waals surface area (Å²) >= 11 is 4.94. The normalized spacial score (nSPS) is 10.5. The number of nitrogens with one attached hydrogen (secondary N) is 2. The maximum Gasteiger partial charge on any atom is 0.125 e. The number of aromatic nitrogens is 4. The monoisotopic (exact) mass is 270 g/mol. The van der Waals surface area contributed by atoms with Crippen LogP contribution in [0.15, 0.2) is 42.7 Å². The smallest absolute Gasteiger partial charge is 0.125 e. The number of rotatable bonds is 2. The van der Waals surface area contributed by atoms with E-state index in [-0.39, 0.29) is 5.75 Å². The first kappa shape index (κ1) is 11.6. The first-order valence-electron chi connectivity index (χ1n) is 5.62. The quantitative estimate of drug-likeness (QED) is 0.626. The molecule has 2 heterocycles. The van der Waals surface area contributed by atoms with Crippen molar-refractivity contribution in [1.29, 1.82) is 0 Å². The van der Waals surface area contributed by atoms with Gasteiger partial charge in [0.05, 0.1) is 11.9 Å². The minimum atomic E-state index is 0.164. The van der Waals surface area contributed by atoms with E-state index in [4.69, 9.17) is 12.2 Å². The summed E-state index contributed by atoms with van der Waals surface area (Å²) in [4.78, 5) is 0. The lowest BCUT2D eigenvalue weighted by Crippen LogP contribution is -1.88. The third-order valence-corrected chi connectivity index (χ3v) is 3.01. The highest BCUT2D eigenvalue weighted by atomic mass is 32.1. The van der Waals surface area contributed by atoms with E-state index < -0.39 is 0 Å². The zero-order chi connectivity index (χ0) is 13.2. The lowest BCUT2D eigenvalue weighted by molar-refractivity contribution is 0.477. The first-order chi connectivity index (χ1) is 9.24. The lowest BCUT2D eigenvalue weighted by Gasteiger charge is -2.05. The fourth-order valence-electron chi connectivity index (χ4n) is 1.83. The van der Waals surface area contributed by atoms with Crippen LogP contribution in [0.3, 0.4) is 0 Å². The van der Waals surface area contributed by atoms with Gasteiger partial charge in [-0.3, -0.25) is 10.2 Å². The molecule has 0 fully saturated rings. The highest BCUT2D eigenvalue weighted by molar-refractivity contribution is 7.71. The number of phenolic OH excluding ortho intramolecular Hbond substituents is 1. The molecule has 0 bridgehead atoms. The largest absolute Gasteiger partial charge is 0.507 e. The summed E-state index contributed by atoms with van der Waals surface area (Å²) in [5, 5.41) is 23.5. The van der Waals surface area contributed by atoms with Crippen molar-refractivity contribution in [2.75, 3.05) is 0 Å². The molecule has 0 amide bonds. The molecule has 0 atom stereocenters.